The standard InChI is InChI=1S/C16H22F2N2O/c1-20(10-8-12-5-2-3-9-19-12)16(21)11-13-14(17)6-4-7-15(13)18/h4,6-7,12,19H,2-3,5,8-11H2,1H3. The van der Waals surface area contributed by atoms with Crippen molar-refractivity contribution in [2.75, 3.05) is 20.1 Å². The Kier molecular flexibility index (Phi) is 5.67. The summed E-state index contributed by atoms with van der Waals surface area (Å²) >= 11 is 0. The second-order valence-corrected chi connectivity index (χ2v) is 5.63. The first kappa shape index (κ1) is 15.9. The van der Waals surface area contributed by atoms with Crippen LogP contribution in [0.3, 0.4) is 0 Å². The van der Waals surface area contributed by atoms with Crippen LogP contribution < -0.4 is 5.32 Å². The highest BCUT2D eigenvalue weighted by molar-refractivity contribution is 5.78. The molecule has 21 heavy (non-hydrogen) atoms. The zero-order valence-electron chi connectivity index (χ0n) is 12.4. The van der Waals surface area contributed by atoms with Crippen molar-refractivity contribution in [1.82, 2.24) is 10.2 Å². The first-order chi connectivity index (χ1) is 10.1. The average molecular weight is 296 g/mol. The molecule has 1 N–H and O–H groups in total. The van der Waals surface area contributed by atoms with E-state index in [1.165, 1.54) is 31.0 Å². The van der Waals surface area contributed by atoms with Crippen LogP contribution in [0.25, 0.3) is 0 Å². The van der Waals surface area contributed by atoms with E-state index in [9.17, 15) is 13.6 Å². The lowest BCUT2D eigenvalue weighted by atomic mass is 10.0. The number of likely N-dealkylation sites (N-methyl/N-ethyl adjacent to an activating group) is 1. The highest BCUT2D eigenvalue weighted by Gasteiger charge is 2.18. The molecule has 0 spiro atoms. The molecule has 1 heterocycles. The van der Waals surface area contributed by atoms with Crippen LogP contribution in [0.5, 0.6) is 0 Å². The number of piperidine rings is 1. The molecule has 0 saturated carbocycles. The molecule has 1 unspecified atom stereocenters. The van der Waals surface area contributed by atoms with Crippen LogP contribution in [-0.4, -0.2) is 37.0 Å². The Balaban J connectivity index is 1.84. The summed E-state index contributed by atoms with van der Waals surface area (Å²) in [6, 6.07) is 4.10. The maximum absolute atomic E-state index is 13.5. The number of carbonyl (C=O) groups excluding carboxylic acids is 1. The number of nitrogens with zero attached hydrogens (tertiary/aromatic N) is 1. The molecule has 1 aromatic carbocycles. The van der Waals surface area contributed by atoms with Crippen LogP contribution in [-0.2, 0) is 11.2 Å². The Labute approximate surface area is 124 Å². The fourth-order valence-corrected chi connectivity index (χ4v) is 2.63. The molecular weight excluding hydrogens is 274 g/mol. The summed E-state index contributed by atoms with van der Waals surface area (Å²) in [6.07, 6.45) is 4.20. The Morgan fingerprint density at radius 2 is 2.05 bits per heavy atom. The van der Waals surface area contributed by atoms with E-state index in [2.05, 4.69) is 5.32 Å². The second kappa shape index (κ2) is 7.50. The normalized spacial score (nSPS) is 18.5. The van der Waals surface area contributed by atoms with E-state index >= 15 is 0 Å². The number of halogens is 2. The Hall–Kier alpha value is -1.49. The third kappa shape index (κ3) is 4.49. The lowest BCUT2D eigenvalue weighted by Gasteiger charge is -2.26. The molecule has 0 bridgehead atoms. The minimum absolute atomic E-state index is 0.148. The van der Waals surface area contributed by atoms with Crippen molar-refractivity contribution in [3.05, 3.63) is 35.4 Å². The molecule has 2 rings (SSSR count). The fraction of sp³-hybridized carbons (Fsp3) is 0.562. The summed E-state index contributed by atoms with van der Waals surface area (Å²) in [5.74, 6) is -1.58. The van der Waals surface area contributed by atoms with Gasteiger partial charge in [0, 0.05) is 25.2 Å². The molecule has 1 aromatic rings. The van der Waals surface area contributed by atoms with Crippen LogP contribution in [0, 0.1) is 11.6 Å². The third-order valence-electron chi connectivity index (χ3n) is 4.04. The molecule has 0 aliphatic carbocycles. The van der Waals surface area contributed by atoms with Gasteiger partial charge in [0.25, 0.3) is 0 Å². The van der Waals surface area contributed by atoms with Gasteiger partial charge in [-0.3, -0.25) is 4.79 Å². The molecule has 3 nitrogen and oxygen atoms in total. The molecular formula is C16H22F2N2O. The molecule has 1 atom stereocenters. The number of hydrogen-bond donors (Lipinski definition) is 1. The van der Waals surface area contributed by atoms with E-state index in [0.29, 0.717) is 12.6 Å². The van der Waals surface area contributed by atoms with Crippen molar-refractivity contribution in [3.63, 3.8) is 0 Å². The zero-order valence-corrected chi connectivity index (χ0v) is 12.4. The molecule has 0 aromatic heterocycles. The molecule has 5 heteroatoms. The van der Waals surface area contributed by atoms with E-state index < -0.39 is 11.6 Å². The number of benzene rings is 1. The SMILES string of the molecule is CN(CCC1CCCCN1)C(=O)Cc1c(F)cccc1F. The molecule has 1 fully saturated rings. The van der Waals surface area contributed by atoms with E-state index in [-0.39, 0.29) is 17.9 Å². The summed E-state index contributed by atoms with van der Waals surface area (Å²) in [5, 5.41) is 3.42. The number of hydrogen-bond acceptors (Lipinski definition) is 2. The van der Waals surface area contributed by atoms with Gasteiger partial charge < -0.3 is 10.2 Å². The molecule has 1 aliphatic heterocycles. The van der Waals surface area contributed by atoms with Gasteiger partial charge in [-0.2, -0.15) is 0 Å². The van der Waals surface area contributed by atoms with Gasteiger partial charge in [-0.15, -0.1) is 0 Å². The van der Waals surface area contributed by atoms with E-state index in [1.807, 2.05) is 0 Å². The van der Waals surface area contributed by atoms with Crippen molar-refractivity contribution in [1.29, 1.82) is 0 Å². The highest BCUT2D eigenvalue weighted by Crippen LogP contribution is 2.14. The Morgan fingerprint density at radius 3 is 2.67 bits per heavy atom. The smallest absolute Gasteiger partial charge is 0.226 e. The second-order valence-electron chi connectivity index (χ2n) is 5.63. The third-order valence-corrected chi connectivity index (χ3v) is 4.04. The summed E-state index contributed by atoms with van der Waals surface area (Å²) < 4.78 is 27.1. The molecule has 116 valence electrons. The number of carbonyl (C=O) groups is 1. The minimum atomic E-state index is -0.661. The lowest BCUT2D eigenvalue weighted by Crippen LogP contribution is -2.38. The average Bonchev–Trinajstić information content (AvgIpc) is 2.49. The van der Waals surface area contributed by atoms with Crippen LogP contribution in [0.4, 0.5) is 8.78 Å². The summed E-state index contributed by atoms with van der Waals surface area (Å²) in [4.78, 5) is 13.6. The Bertz CT molecular complexity index is 467. The number of amides is 1. The maximum Gasteiger partial charge on any atom is 0.226 e. The van der Waals surface area contributed by atoms with Crippen LogP contribution in [0.1, 0.15) is 31.2 Å². The number of nitrogens with one attached hydrogen (secondary N) is 1. The highest BCUT2D eigenvalue weighted by atomic mass is 19.1. The van der Waals surface area contributed by atoms with E-state index in [4.69, 9.17) is 0 Å². The maximum atomic E-state index is 13.5. The predicted molar refractivity (Wildman–Crippen MR) is 78.0 cm³/mol. The quantitative estimate of drug-likeness (QED) is 0.905. The van der Waals surface area contributed by atoms with Crippen LogP contribution in [0.2, 0.25) is 0 Å². The molecule has 1 aliphatic rings. The van der Waals surface area contributed by atoms with Gasteiger partial charge in [0.05, 0.1) is 6.42 Å². The van der Waals surface area contributed by atoms with Gasteiger partial charge in [0.2, 0.25) is 5.91 Å². The number of rotatable bonds is 5. The van der Waals surface area contributed by atoms with Gasteiger partial charge in [0.15, 0.2) is 0 Å². The topological polar surface area (TPSA) is 32.3 Å². The van der Waals surface area contributed by atoms with Crippen LogP contribution in [0.15, 0.2) is 18.2 Å². The minimum Gasteiger partial charge on any atom is -0.345 e. The largest absolute Gasteiger partial charge is 0.345 e. The van der Waals surface area contributed by atoms with Crippen molar-refractivity contribution < 1.29 is 13.6 Å². The van der Waals surface area contributed by atoms with Crippen molar-refractivity contribution in [2.45, 2.75) is 38.1 Å². The van der Waals surface area contributed by atoms with Gasteiger partial charge in [-0.25, -0.2) is 8.78 Å². The first-order valence-electron chi connectivity index (χ1n) is 7.48. The van der Waals surface area contributed by atoms with Crippen molar-refractivity contribution in [3.8, 4) is 0 Å². The van der Waals surface area contributed by atoms with Gasteiger partial charge >= 0.3 is 0 Å². The van der Waals surface area contributed by atoms with Gasteiger partial charge in [0.1, 0.15) is 11.6 Å². The van der Waals surface area contributed by atoms with Gasteiger partial charge in [-0.1, -0.05) is 12.5 Å². The first-order valence-corrected chi connectivity index (χ1v) is 7.48. The van der Waals surface area contributed by atoms with Gasteiger partial charge in [-0.05, 0) is 37.9 Å². The van der Waals surface area contributed by atoms with Crippen molar-refractivity contribution >= 4 is 5.91 Å². The fourth-order valence-electron chi connectivity index (χ4n) is 2.63. The van der Waals surface area contributed by atoms with E-state index in [0.717, 1.165) is 19.4 Å². The predicted octanol–water partition coefficient (Wildman–Crippen LogP) is 2.50. The van der Waals surface area contributed by atoms with E-state index in [1.54, 1.807) is 11.9 Å². The molecule has 1 amide bonds. The van der Waals surface area contributed by atoms with Crippen molar-refractivity contribution in [2.24, 2.45) is 0 Å². The molecule has 1 saturated heterocycles. The summed E-state index contributed by atoms with van der Waals surface area (Å²) in [6.45, 7) is 1.63. The zero-order chi connectivity index (χ0) is 15.2. The molecule has 0 radical (unpaired) electrons. The van der Waals surface area contributed by atoms with Crippen LogP contribution >= 0.6 is 0 Å². The monoisotopic (exact) mass is 296 g/mol. The summed E-state index contributed by atoms with van der Waals surface area (Å²) in [7, 11) is 1.68. The summed E-state index contributed by atoms with van der Waals surface area (Å²) in [5.41, 5.74) is -0.148. The Morgan fingerprint density at radius 1 is 1.33 bits per heavy atom. The lowest BCUT2D eigenvalue weighted by molar-refractivity contribution is -0.129.